The first-order valence-corrected chi connectivity index (χ1v) is 10.1. The normalized spacial score (nSPS) is 15.3. The summed E-state index contributed by atoms with van der Waals surface area (Å²) in [7, 11) is 0. The molecule has 0 radical (unpaired) electrons. The molecule has 4 rings (SSSR count). The van der Waals surface area contributed by atoms with Crippen molar-refractivity contribution >= 4 is 5.97 Å². The van der Waals surface area contributed by atoms with E-state index in [1.807, 2.05) is 49.4 Å². The van der Waals surface area contributed by atoms with Crippen LogP contribution < -0.4 is 4.74 Å². The first kappa shape index (κ1) is 19.2. The second-order valence-corrected chi connectivity index (χ2v) is 7.53. The van der Waals surface area contributed by atoms with Crippen molar-refractivity contribution in [3.8, 4) is 17.2 Å². The number of rotatable bonds is 8. The van der Waals surface area contributed by atoms with E-state index in [1.165, 1.54) is 5.56 Å². The van der Waals surface area contributed by atoms with Gasteiger partial charge in [0.25, 0.3) is 0 Å². The third-order valence-electron chi connectivity index (χ3n) is 5.48. The highest BCUT2D eigenvalue weighted by Crippen LogP contribution is 2.37. The molecule has 1 aliphatic rings. The van der Waals surface area contributed by atoms with Crippen molar-refractivity contribution in [2.24, 2.45) is 0 Å². The van der Waals surface area contributed by atoms with Gasteiger partial charge < -0.3 is 14.3 Å². The minimum Gasteiger partial charge on any atom is -0.494 e. The standard InChI is InChI=1S/C24H25NO4/c1-16-22(25-24(29-16)17-6-3-2-4-7-17)8-5-13-28-20-11-12-21-18(14-20)9-10-19(21)15-23(26)27/h2-4,6-7,11-12,14,19H,5,8-10,13,15H2,1H3,(H,26,27). The number of nitrogens with zero attached hydrogens (tertiary/aromatic N) is 1. The van der Waals surface area contributed by atoms with Crippen LogP contribution in [0.1, 0.15) is 47.8 Å². The minimum atomic E-state index is -0.734. The Morgan fingerprint density at radius 3 is 2.86 bits per heavy atom. The molecule has 1 aliphatic carbocycles. The van der Waals surface area contributed by atoms with E-state index < -0.39 is 5.97 Å². The number of carboxylic acids is 1. The summed E-state index contributed by atoms with van der Waals surface area (Å²) in [5.41, 5.74) is 4.33. The lowest BCUT2D eigenvalue weighted by atomic mass is 9.98. The molecule has 0 aliphatic heterocycles. The molecule has 0 bridgehead atoms. The van der Waals surface area contributed by atoms with E-state index >= 15 is 0 Å². The molecular weight excluding hydrogens is 366 g/mol. The fourth-order valence-electron chi connectivity index (χ4n) is 3.99. The van der Waals surface area contributed by atoms with Gasteiger partial charge in [-0.2, -0.15) is 0 Å². The zero-order chi connectivity index (χ0) is 20.2. The van der Waals surface area contributed by atoms with Crippen molar-refractivity contribution < 1.29 is 19.1 Å². The summed E-state index contributed by atoms with van der Waals surface area (Å²) < 4.78 is 11.7. The maximum atomic E-state index is 11.0. The van der Waals surface area contributed by atoms with Crippen LogP contribution in [0.15, 0.2) is 52.9 Å². The SMILES string of the molecule is Cc1oc(-c2ccccc2)nc1CCCOc1ccc2c(c1)CCC2CC(=O)O. The second kappa shape index (κ2) is 8.52. The van der Waals surface area contributed by atoms with Gasteiger partial charge in [-0.1, -0.05) is 24.3 Å². The molecule has 3 aromatic rings. The lowest BCUT2D eigenvalue weighted by Crippen LogP contribution is -2.03. The molecular formula is C24H25NO4. The van der Waals surface area contributed by atoms with E-state index in [-0.39, 0.29) is 12.3 Å². The number of hydrogen-bond donors (Lipinski definition) is 1. The quantitative estimate of drug-likeness (QED) is 0.537. The maximum Gasteiger partial charge on any atom is 0.303 e. The van der Waals surface area contributed by atoms with Crippen LogP contribution in [0.2, 0.25) is 0 Å². The second-order valence-electron chi connectivity index (χ2n) is 7.53. The monoisotopic (exact) mass is 391 g/mol. The summed E-state index contributed by atoms with van der Waals surface area (Å²) in [5, 5.41) is 9.04. The summed E-state index contributed by atoms with van der Waals surface area (Å²) in [5.74, 6) is 1.76. The van der Waals surface area contributed by atoms with Crippen LogP contribution in [-0.4, -0.2) is 22.7 Å². The zero-order valence-electron chi connectivity index (χ0n) is 16.6. The van der Waals surface area contributed by atoms with Crippen molar-refractivity contribution in [3.05, 3.63) is 71.1 Å². The Kier molecular flexibility index (Phi) is 5.65. The number of aliphatic carboxylic acids is 1. The first-order chi connectivity index (χ1) is 14.1. The van der Waals surface area contributed by atoms with E-state index in [2.05, 4.69) is 11.1 Å². The number of aryl methyl sites for hydroxylation is 3. The molecule has 5 nitrogen and oxygen atoms in total. The van der Waals surface area contributed by atoms with E-state index in [4.69, 9.17) is 14.3 Å². The molecule has 1 heterocycles. The first-order valence-electron chi connectivity index (χ1n) is 10.1. The highest BCUT2D eigenvalue weighted by molar-refractivity contribution is 5.68. The topological polar surface area (TPSA) is 72.6 Å². The van der Waals surface area contributed by atoms with Gasteiger partial charge in [0.15, 0.2) is 0 Å². The Labute approximate surface area is 170 Å². The van der Waals surface area contributed by atoms with Gasteiger partial charge in [-0.05, 0) is 73.9 Å². The number of carboxylic acid groups (broad SMARTS) is 1. The van der Waals surface area contributed by atoms with Gasteiger partial charge in [-0.25, -0.2) is 4.98 Å². The van der Waals surface area contributed by atoms with E-state index in [1.54, 1.807) is 0 Å². The number of carbonyl (C=O) groups is 1. The summed E-state index contributed by atoms with van der Waals surface area (Å²) in [4.78, 5) is 15.6. The third-order valence-corrected chi connectivity index (χ3v) is 5.48. The average Bonchev–Trinajstić information content (AvgIpc) is 3.29. The highest BCUT2D eigenvalue weighted by Gasteiger charge is 2.24. The van der Waals surface area contributed by atoms with Crippen LogP contribution in [0.25, 0.3) is 11.5 Å². The van der Waals surface area contributed by atoms with Crippen molar-refractivity contribution in [2.75, 3.05) is 6.61 Å². The number of benzene rings is 2. The molecule has 1 unspecified atom stereocenters. The van der Waals surface area contributed by atoms with E-state index in [9.17, 15) is 4.79 Å². The summed E-state index contributed by atoms with van der Waals surface area (Å²) in [6.07, 6.45) is 3.68. The van der Waals surface area contributed by atoms with Gasteiger partial charge in [-0.3, -0.25) is 4.79 Å². The molecule has 0 spiro atoms. The summed E-state index contributed by atoms with van der Waals surface area (Å²) in [6, 6.07) is 16.0. The van der Waals surface area contributed by atoms with Crippen LogP contribution in [0, 0.1) is 6.92 Å². The van der Waals surface area contributed by atoms with Crippen LogP contribution in [0.3, 0.4) is 0 Å². The molecule has 5 heteroatoms. The zero-order valence-corrected chi connectivity index (χ0v) is 16.6. The van der Waals surface area contributed by atoms with Crippen molar-refractivity contribution in [2.45, 2.75) is 44.9 Å². The highest BCUT2D eigenvalue weighted by atomic mass is 16.5. The van der Waals surface area contributed by atoms with Gasteiger partial charge in [0, 0.05) is 5.56 Å². The minimum absolute atomic E-state index is 0.130. The van der Waals surface area contributed by atoms with Crippen molar-refractivity contribution in [1.82, 2.24) is 4.98 Å². The fraction of sp³-hybridized carbons (Fsp3) is 0.333. The van der Waals surface area contributed by atoms with Gasteiger partial charge in [-0.15, -0.1) is 0 Å². The summed E-state index contributed by atoms with van der Waals surface area (Å²) in [6.45, 7) is 2.55. The molecule has 29 heavy (non-hydrogen) atoms. The number of hydrogen-bond acceptors (Lipinski definition) is 4. The molecule has 1 N–H and O–H groups in total. The van der Waals surface area contributed by atoms with Crippen molar-refractivity contribution in [1.29, 1.82) is 0 Å². The average molecular weight is 391 g/mol. The van der Waals surface area contributed by atoms with Crippen LogP contribution in [0.4, 0.5) is 0 Å². The Bertz CT molecular complexity index is 993. The van der Waals surface area contributed by atoms with Crippen LogP contribution in [0.5, 0.6) is 5.75 Å². The molecule has 1 aromatic heterocycles. The molecule has 1 atom stereocenters. The lowest BCUT2D eigenvalue weighted by molar-refractivity contribution is -0.137. The summed E-state index contributed by atoms with van der Waals surface area (Å²) >= 11 is 0. The third kappa shape index (κ3) is 4.50. The molecule has 0 fully saturated rings. The largest absolute Gasteiger partial charge is 0.494 e. The van der Waals surface area contributed by atoms with E-state index in [0.29, 0.717) is 12.5 Å². The Hall–Kier alpha value is -3.08. The maximum absolute atomic E-state index is 11.0. The van der Waals surface area contributed by atoms with Gasteiger partial charge in [0.2, 0.25) is 5.89 Å². The van der Waals surface area contributed by atoms with Gasteiger partial charge in [0.05, 0.1) is 18.7 Å². The van der Waals surface area contributed by atoms with Gasteiger partial charge in [0.1, 0.15) is 11.5 Å². The number of oxazole rings is 1. The molecule has 150 valence electrons. The number of fused-ring (bicyclic) bond motifs is 1. The Balaban J connectivity index is 1.30. The van der Waals surface area contributed by atoms with Gasteiger partial charge >= 0.3 is 5.97 Å². The van der Waals surface area contributed by atoms with Crippen molar-refractivity contribution in [3.63, 3.8) is 0 Å². The van der Waals surface area contributed by atoms with Crippen LogP contribution >= 0.6 is 0 Å². The predicted octanol–water partition coefficient (Wildman–Crippen LogP) is 5.17. The number of aromatic nitrogens is 1. The smallest absolute Gasteiger partial charge is 0.303 e. The molecule has 2 aromatic carbocycles. The Morgan fingerprint density at radius 2 is 2.07 bits per heavy atom. The predicted molar refractivity (Wildman–Crippen MR) is 110 cm³/mol. The lowest BCUT2D eigenvalue weighted by Gasteiger charge is -2.10. The number of ether oxygens (including phenoxy) is 1. The molecule has 0 saturated heterocycles. The molecule has 0 amide bonds. The van der Waals surface area contributed by atoms with Crippen LogP contribution in [-0.2, 0) is 17.6 Å². The fourth-order valence-corrected chi connectivity index (χ4v) is 3.99. The molecule has 0 saturated carbocycles. The van der Waals surface area contributed by atoms with E-state index in [0.717, 1.165) is 54.0 Å². The Morgan fingerprint density at radius 1 is 1.24 bits per heavy atom.